The number of carbonyl (C=O) groups excluding carboxylic acids is 2. The zero-order chi connectivity index (χ0) is 23.1. The van der Waals surface area contributed by atoms with Gasteiger partial charge in [-0.3, -0.25) is 9.59 Å². The van der Waals surface area contributed by atoms with E-state index in [4.69, 9.17) is 9.84 Å². The zero-order valence-electron chi connectivity index (χ0n) is 18.5. The van der Waals surface area contributed by atoms with Crippen LogP contribution in [0.2, 0.25) is 0 Å². The van der Waals surface area contributed by atoms with Crippen LogP contribution in [0.15, 0.2) is 48.5 Å². The van der Waals surface area contributed by atoms with Crippen molar-refractivity contribution in [1.82, 2.24) is 10.2 Å². The highest BCUT2D eigenvalue weighted by molar-refractivity contribution is 5.79. The molecule has 0 radical (unpaired) electrons. The average Bonchev–Trinajstić information content (AvgIpc) is 3.10. The molecule has 7 nitrogen and oxygen atoms in total. The molecule has 2 N–H and O–H groups in total. The number of benzene rings is 2. The Hall–Kier alpha value is -3.35. The van der Waals surface area contributed by atoms with Crippen LogP contribution in [-0.4, -0.2) is 54.2 Å². The molecular formula is C25H30N2O5. The Morgan fingerprint density at radius 3 is 2.22 bits per heavy atom. The first kappa shape index (κ1) is 23.3. The van der Waals surface area contributed by atoms with E-state index in [1.54, 1.807) is 7.05 Å². The van der Waals surface area contributed by atoms with Gasteiger partial charge in [0.25, 0.3) is 0 Å². The third kappa shape index (κ3) is 5.66. The van der Waals surface area contributed by atoms with Gasteiger partial charge in [-0.25, -0.2) is 4.79 Å². The van der Waals surface area contributed by atoms with Crippen molar-refractivity contribution in [3.63, 3.8) is 0 Å². The van der Waals surface area contributed by atoms with Crippen LogP contribution in [-0.2, 0) is 14.3 Å². The Bertz CT molecular complexity index is 929. The molecule has 2 aromatic carbocycles. The van der Waals surface area contributed by atoms with Crippen LogP contribution in [0.3, 0.4) is 0 Å². The monoisotopic (exact) mass is 438 g/mol. The summed E-state index contributed by atoms with van der Waals surface area (Å²) in [4.78, 5) is 37.0. The Labute approximate surface area is 188 Å². The molecule has 7 heteroatoms. The van der Waals surface area contributed by atoms with Crippen LogP contribution in [0.1, 0.15) is 49.7 Å². The van der Waals surface area contributed by atoms with Crippen LogP contribution in [0.5, 0.6) is 0 Å². The van der Waals surface area contributed by atoms with Gasteiger partial charge in [0.05, 0.1) is 0 Å². The van der Waals surface area contributed by atoms with E-state index in [0.717, 1.165) is 11.1 Å². The van der Waals surface area contributed by atoms with Crippen LogP contribution >= 0.6 is 0 Å². The molecule has 1 unspecified atom stereocenters. The highest BCUT2D eigenvalue weighted by Gasteiger charge is 2.29. The molecule has 1 aliphatic rings. The molecule has 0 aromatic heterocycles. The van der Waals surface area contributed by atoms with Gasteiger partial charge < -0.3 is 20.1 Å². The van der Waals surface area contributed by atoms with E-state index in [1.807, 2.05) is 31.2 Å². The van der Waals surface area contributed by atoms with Crippen molar-refractivity contribution in [1.29, 1.82) is 0 Å². The number of alkyl carbamates (subject to hydrolysis) is 1. The maximum atomic E-state index is 12.5. The summed E-state index contributed by atoms with van der Waals surface area (Å²) in [5.74, 6) is -1.04. The fourth-order valence-corrected chi connectivity index (χ4v) is 4.06. The summed E-state index contributed by atoms with van der Waals surface area (Å²) in [6.45, 7) is 2.48. The third-order valence-corrected chi connectivity index (χ3v) is 5.89. The van der Waals surface area contributed by atoms with Crippen molar-refractivity contribution in [3.05, 3.63) is 59.7 Å². The number of carbonyl (C=O) groups is 3. The minimum atomic E-state index is -0.880. The first-order valence-electron chi connectivity index (χ1n) is 11.0. The summed E-state index contributed by atoms with van der Waals surface area (Å²) in [5.41, 5.74) is 4.62. The number of nitrogens with zero attached hydrogens (tertiary/aromatic N) is 1. The molecule has 0 saturated carbocycles. The van der Waals surface area contributed by atoms with E-state index in [9.17, 15) is 14.4 Å². The summed E-state index contributed by atoms with van der Waals surface area (Å²) in [7, 11) is 1.64. The van der Waals surface area contributed by atoms with E-state index in [2.05, 4.69) is 29.6 Å². The minimum absolute atomic E-state index is 0.0183. The molecule has 1 aliphatic carbocycles. The number of hydrogen-bond donors (Lipinski definition) is 2. The highest BCUT2D eigenvalue weighted by Crippen LogP contribution is 2.44. The second kappa shape index (κ2) is 10.8. The predicted octanol–water partition coefficient (Wildman–Crippen LogP) is 4.02. The van der Waals surface area contributed by atoms with Crippen molar-refractivity contribution >= 4 is 18.0 Å². The molecular weight excluding hydrogens is 408 g/mol. The lowest BCUT2D eigenvalue weighted by Gasteiger charge is -2.22. The number of carboxylic acids is 1. The fourth-order valence-electron chi connectivity index (χ4n) is 4.06. The first-order chi connectivity index (χ1) is 15.4. The van der Waals surface area contributed by atoms with Crippen LogP contribution in [0, 0.1) is 0 Å². The van der Waals surface area contributed by atoms with Crippen molar-refractivity contribution in [3.8, 4) is 11.1 Å². The number of nitrogens with one attached hydrogen (secondary N) is 1. The van der Waals surface area contributed by atoms with Gasteiger partial charge in [-0.2, -0.15) is 0 Å². The molecule has 3 rings (SSSR count). The number of hydrogen-bond acceptors (Lipinski definition) is 4. The maximum Gasteiger partial charge on any atom is 0.407 e. The molecule has 0 heterocycles. The second-order valence-electron chi connectivity index (χ2n) is 8.09. The first-order valence-corrected chi connectivity index (χ1v) is 11.0. The molecule has 170 valence electrons. The minimum Gasteiger partial charge on any atom is -0.481 e. The topological polar surface area (TPSA) is 95.9 Å². The quantitative estimate of drug-likeness (QED) is 0.584. The van der Waals surface area contributed by atoms with Gasteiger partial charge >= 0.3 is 12.1 Å². The zero-order valence-corrected chi connectivity index (χ0v) is 18.5. The Kier molecular flexibility index (Phi) is 7.87. The number of amides is 2. The van der Waals surface area contributed by atoms with E-state index >= 15 is 0 Å². The van der Waals surface area contributed by atoms with E-state index < -0.39 is 12.1 Å². The van der Waals surface area contributed by atoms with E-state index in [1.165, 1.54) is 16.0 Å². The third-order valence-electron chi connectivity index (χ3n) is 5.89. The summed E-state index contributed by atoms with van der Waals surface area (Å²) in [6, 6.07) is 15.9. The largest absolute Gasteiger partial charge is 0.481 e. The summed E-state index contributed by atoms with van der Waals surface area (Å²) in [6.07, 6.45) is 0.601. The number of ether oxygens (including phenoxy) is 1. The molecule has 0 aliphatic heterocycles. The lowest BCUT2D eigenvalue weighted by atomic mass is 9.98. The maximum absolute atomic E-state index is 12.5. The van der Waals surface area contributed by atoms with Crippen molar-refractivity contribution in [2.75, 3.05) is 20.2 Å². The van der Waals surface area contributed by atoms with Gasteiger partial charge in [-0.1, -0.05) is 55.5 Å². The SMILES string of the molecule is CCC(CC(=O)N(C)CCCC(=O)O)NC(=O)OCC1c2ccccc2-c2ccccc21. The summed E-state index contributed by atoms with van der Waals surface area (Å²) < 4.78 is 5.57. The van der Waals surface area contributed by atoms with Gasteiger partial charge in [-0.15, -0.1) is 0 Å². The van der Waals surface area contributed by atoms with Gasteiger partial charge in [-0.05, 0) is 35.1 Å². The molecule has 32 heavy (non-hydrogen) atoms. The van der Waals surface area contributed by atoms with E-state index in [0.29, 0.717) is 19.4 Å². The van der Waals surface area contributed by atoms with Gasteiger partial charge in [0.1, 0.15) is 6.61 Å². The number of fused-ring (bicyclic) bond motifs is 3. The molecule has 2 aromatic rings. The van der Waals surface area contributed by atoms with Gasteiger partial charge in [0, 0.05) is 38.4 Å². The Balaban J connectivity index is 1.53. The Morgan fingerprint density at radius 1 is 1.06 bits per heavy atom. The molecule has 0 spiro atoms. The fraction of sp³-hybridized carbons (Fsp3) is 0.400. The van der Waals surface area contributed by atoms with Crippen molar-refractivity contribution in [2.45, 2.75) is 44.6 Å². The summed E-state index contributed by atoms with van der Waals surface area (Å²) in [5, 5.41) is 11.5. The smallest absolute Gasteiger partial charge is 0.407 e. The van der Waals surface area contributed by atoms with Crippen LogP contribution < -0.4 is 5.32 Å². The summed E-state index contributed by atoms with van der Waals surface area (Å²) >= 11 is 0. The highest BCUT2D eigenvalue weighted by atomic mass is 16.5. The normalized spacial score (nSPS) is 13.1. The number of carboxylic acid groups (broad SMARTS) is 1. The van der Waals surface area contributed by atoms with Crippen molar-refractivity contribution < 1.29 is 24.2 Å². The average molecular weight is 439 g/mol. The molecule has 0 bridgehead atoms. The van der Waals surface area contributed by atoms with Gasteiger partial charge in [0.15, 0.2) is 0 Å². The number of aliphatic carboxylic acids is 1. The second-order valence-corrected chi connectivity index (χ2v) is 8.09. The predicted molar refractivity (Wildman–Crippen MR) is 121 cm³/mol. The molecule has 1 atom stereocenters. The van der Waals surface area contributed by atoms with E-state index in [-0.39, 0.29) is 37.3 Å². The molecule has 0 fully saturated rings. The molecule has 0 saturated heterocycles. The standard InChI is InChI=1S/C25H30N2O5/c1-3-17(15-23(28)27(2)14-8-13-24(29)30)26-25(31)32-16-22-20-11-6-4-9-18(20)19-10-5-7-12-21(19)22/h4-7,9-12,17,22H,3,8,13-16H2,1-2H3,(H,26,31)(H,29,30). The molecule has 2 amide bonds. The van der Waals surface area contributed by atoms with Crippen molar-refractivity contribution in [2.24, 2.45) is 0 Å². The van der Waals surface area contributed by atoms with Crippen LogP contribution in [0.25, 0.3) is 11.1 Å². The van der Waals surface area contributed by atoms with Gasteiger partial charge in [0.2, 0.25) is 5.91 Å². The van der Waals surface area contributed by atoms with Crippen LogP contribution in [0.4, 0.5) is 4.79 Å². The number of rotatable bonds is 10. The lowest BCUT2D eigenvalue weighted by Crippen LogP contribution is -2.40. The Morgan fingerprint density at radius 2 is 1.66 bits per heavy atom. The lowest BCUT2D eigenvalue weighted by molar-refractivity contribution is -0.138.